The maximum atomic E-state index is 5.82. The minimum atomic E-state index is 0. The molecule has 1 aliphatic rings. The molecule has 1 aromatic carbocycles. The predicted octanol–water partition coefficient (Wildman–Crippen LogP) is 3.12. The van der Waals surface area contributed by atoms with Crippen LogP contribution in [0.5, 0.6) is 0 Å². The summed E-state index contributed by atoms with van der Waals surface area (Å²) in [7, 11) is 0. The van der Waals surface area contributed by atoms with Gasteiger partial charge in [-0.1, -0.05) is 37.3 Å². The molecule has 29 heavy (non-hydrogen) atoms. The van der Waals surface area contributed by atoms with Crippen molar-refractivity contribution in [2.24, 2.45) is 10.9 Å². The molecular weight excluding hydrogens is 479 g/mol. The molecular formula is C22H39IN4O2. The Morgan fingerprint density at radius 1 is 1.17 bits per heavy atom. The van der Waals surface area contributed by atoms with Crippen LogP contribution in [0.2, 0.25) is 0 Å². The molecule has 166 valence electrons. The van der Waals surface area contributed by atoms with Gasteiger partial charge in [-0.25, -0.2) is 0 Å². The van der Waals surface area contributed by atoms with Crippen molar-refractivity contribution in [2.75, 3.05) is 59.1 Å². The Bertz CT molecular complexity index is 539. The van der Waals surface area contributed by atoms with Gasteiger partial charge in [-0.15, -0.1) is 24.0 Å². The number of morpholine rings is 1. The van der Waals surface area contributed by atoms with Gasteiger partial charge in [0.05, 0.1) is 26.4 Å². The minimum Gasteiger partial charge on any atom is -0.379 e. The van der Waals surface area contributed by atoms with Gasteiger partial charge in [-0.2, -0.15) is 0 Å². The second kappa shape index (κ2) is 16.8. The smallest absolute Gasteiger partial charge is 0.191 e. The normalized spacial score (nSPS) is 16.1. The summed E-state index contributed by atoms with van der Waals surface area (Å²) in [6, 6.07) is 10.3. The molecule has 1 aromatic rings. The Morgan fingerprint density at radius 3 is 2.66 bits per heavy atom. The molecule has 7 heteroatoms. The van der Waals surface area contributed by atoms with Gasteiger partial charge in [0.15, 0.2) is 5.96 Å². The molecule has 1 heterocycles. The molecule has 1 unspecified atom stereocenters. The molecule has 0 bridgehead atoms. The van der Waals surface area contributed by atoms with Gasteiger partial charge in [-0.3, -0.25) is 9.89 Å². The van der Waals surface area contributed by atoms with Crippen molar-refractivity contribution < 1.29 is 9.47 Å². The number of guanidine groups is 1. The summed E-state index contributed by atoms with van der Waals surface area (Å²) < 4.78 is 11.2. The van der Waals surface area contributed by atoms with E-state index in [0.717, 1.165) is 71.5 Å². The second-order valence-corrected chi connectivity index (χ2v) is 7.41. The average molecular weight is 518 g/mol. The van der Waals surface area contributed by atoms with Gasteiger partial charge in [0, 0.05) is 32.7 Å². The number of nitrogens with zero attached hydrogens (tertiary/aromatic N) is 2. The van der Waals surface area contributed by atoms with Crippen LogP contribution in [0.25, 0.3) is 0 Å². The monoisotopic (exact) mass is 518 g/mol. The Balaban J connectivity index is 0.00000420. The Labute approximate surface area is 193 Å². The second-order valence-electron chi connectivity index (χ2n) is 7.41. The lowest BCUT2D eigenvalue weighted by Gasteiger charge is -2.26. The van der Waals surface area contributed by atoms with E-state index >= 15 is 0 Å². The number of halogens is 1. The zero-order valence-electron chi connectivity index (χ0n) is 18.1. The summed E-state index contributed by atoms with van der Waals surface area (Å²) in [6.07, 6.45) is 2.35. The highest BCUT2D eigenvalue weighted by Gasteiger charge is 2.09. The number of nitrogens with one attached hydrogen (secondary N) is 2. The number of rotatable bonds is 12. The molecule has 1 aliphatic heterocycles. The maximum absolute atomic E-state index is 5.82. The van der Waals surface area contributed by atoms with E-state index in [0.29, 0.717) is 12.5 Å². The zero-order chi connectivity index (χ0) is 19.9. The highest BCUT2D eigenvalue weighted by molar-refractivity contribution is 14.0. The summed E-state index contributed by atoms with van der Waals surface area (Å²) >= 11 is 0. The van der Waals surface area contributed by atoms with E-state index in [1.165, 1.54) is 12.0 Å². The first-order valence-electron chi connectivity index (χ1n) is 10.7. The summed E-state index contributed by atoms with van der Waals surface area (Å²) in [6.45, 7) is 13.3. The Kier molecular flexibility index (Phi) is 15.2. The van der Waals surface area contributed by atoms with Gasteiger partial charge in [0.25, 0.3) is 0 Å². The fourth-order valence-corrected chi connectivity index (χ4v) is 3.09. The van der Waals surface area contributed by atoms with E-state index in [9.17, 15) is 0 Å². The van der Waals surface area contributed by atoms with Gasteiger partial charge >= 0.3 is 0 Å². The molecule has 2 rings (SSSR count). The third kappa shape index (κ3) is 12.4. The molecule has 6 nitrogen and oxygen atoms in total. The first-order valence-corrected chi connectivity index (χ1v) is 10.7. The molecule has 0 amide bonds. The molecule has 0 aromatic heterocycles. The summed E-state index contributed by atoms with van der Waals surface area (Å²) in [4.78, 5) is 7.20. The van der Waals surface area contributed by atoms with Crippen molar-refractivity contribution in [1.82, 2.24) is 15.5 Å². The van der Waals surface area contributed by atoms with E-state index in [1.54, 1.807) is 0 Å². The van der Waals surface area contributed by atoms with Crippen LogP contribution in [0, 0.1) is 5.92 Å². The van der Waals surface area contributed by atoms with Crippen molar-refractivity contribution in [2.45, 2.75) is 33.3 Å². The summed E-state index contributed by atoms with van der Waals surface area (Å²) in [5, 5.41) is 6.78. The molecule has 1 saturated heterocycles. The highest BCUT2D eigenvalue weighted by Crippen LogP contribution is 2.04. The average Bonchev–Trinajstić information content (AvgIpc) is 2.73. The first kappa shape index (κ1) is 26.1. The van der Waals surface area contributed by atoms with Crippen LogP contribution in [-0.4, -0.2) is 69.9 Å². The van der Waals surface area contributed by atoms with Crippen molar-refractivity contribution in [3.63, 3.8) is 0 Å². The van der Waals surface area contributed by atoms with Crippen LogP contribution in [-0.2, 0) is 16.1 Å². The van der Waals surface area contributed by atoms with Gasteiger partial charge in [-0.05, 0) is 37.8 Å². The Morgan fingerprint density at radius 2 is 1.93 bits per heavy atom. The van der Waals surface area contributed by atoms with E-state index < -0.39 is 0 Å². The van der Waals surface area contributed by atoms with Crippen molar-refractivity contribution in [1.29, 1.82) is 0 Å². The summed E-state index contributed by atoms with van der Waals surface area (Å²) in [5.41, 5.74) is 1.21. The van der Waals surface area contributed by atoms with E-state index in [2.05, 4.69) is 41.5 Å². The Hall–Kier alpha value is -0.900. The quantitative estimate of drug-likeness (QED) is 0.193. The number of hydrogen-bond donors (Lipinski definition) is 2. The lowest BCUT2D eigenvalue weighted by molar-refractivity contribution is 0.0372. The number of unbranched alkanes of at least 4 members (excludes halogenated alkanes) is 1. The SMILES string of the molecule is CCNC(=NCC(C)COCc1ccccc1)NCCCCN1CCOCC1.I. The molecule has 2 N–H and O–H groups in total. The van der Waals surface area contributed by atoms with Crippen LogP contribution < -0.4 is 10.6 Å². The highest BCUT2D eigenvalue weighted by atomic mass is 127. The first-order chi connectivity index (χ1) is 13.8. The van der Waals surface area contributed by atoms with Crippen LogP contribution in [0.3, 0.4) is 0 Å². The van der Waals surface area contributed by atoms with Crippen molar-refractivity contribution in [3.05, 3.63) is 35.9 Å². The number of hydrogen-bond acceptors (Lipinski definition) is 4. The molecule has 0 radical (unpaired) electrons. The van der Waals surface area contributed by atoms with E-state index in [4.69, 9.17) is 14.5 Å². The fraction of sp³-hybridized carbons (Fsp3) is 0.682. The molecule has 1 fully saturated rings. The molecule has 0 aliphatic carbocycles. The number of ether oxygens (including phenoxy) is 2. The number of aliphatic imine (C=N–C) groups is 1. The third-order valence-corrected chi connectivity index (χ3v) is 4.72. The topological polar surface area (TPSA) is 58.1 Å². The van der Waals surface area contributed by atoms with Crippen molar-refractivity contribution in [3.8, 4) is 0 Å². The van der Waals surface area contributed by atoms with Crippen LogP contribution in [0.1, 0.15) is 32.3 Å². The zero-order valence-corrected chi connectivity index (χ0v) is 20.4. The van der Waals surface area contributed by atoms with E-state index in [-0.39, 0.29) is 24.0 Å². The lowest BCUT2D eigenvalue weighted by atomic mass is 10.2. The third-order valence-electron chi connectivity index (χ3n) is 4.72. The molecule has 0 spiro atoms. The minimum absolute atomic E-state index is 0. The standard InChI is InChI=1S/C22H38N4O2.HI/c1-3-23-22(24-11-7-8-12-26-13-15-27-16-14-26)25-17-20(2)18-28-19-21-9-5-4-6-10-21;/h4-6,9-10,20H,3,7-8,11-19H2,1-2H3,(H2,23,24,25);1H. The van der Waals surface area contributed by atoms with Gasteiger partial charge in [0.2, 0.25) is 0 Å². The summed E-state index contributed by atoms with van der Waals surface area (Å²) in [5.74, 6) is 1.30. The van der Waals surface area contributed by atoms with Crippen LogP contribution in [0.4, 0.5) is 0 Å². The van der Waals surface area contributed by atoms with E-state index in [1.807, 2.05) is 18.2 Å². The van der Waals surface area contributed by atoms with Crippen molar-refractivity contribution >= 4 is 29.9 Å². The fourth-order valence-electron chi connectivity index (χ4n) is 3.09. The molecule has 1 atom stereocenters. The lowest BCUT2D eigenvalue weighted by Crippen LogP contribution is -2.39. The molecule has 0 saturated carbocycles. The predicted molar refractivity (Wildman–Crippen MR) is 131 cm³/mol. The maximum Gasteiger partial charge on any atom is 0.191 e. The largest absolute Gasteiger partial charge is 0.379 e. The van der Waals surface area contributed by atoms with Crippen LogP contribution >= 0.6 is 24.0 Å². The number of benzene rings is 1. The van der Waals surface area contributed by atoms with Gasteiger partial charge in [0.1, 0.15) is 0 Å². The van der Waals surface area contributed by atoms with Crippen LogP contribution in [0.15, 0.2) is 35.3 Å². The van der Waals surface area contributed by atoms with Gasteiger partial charge < -0.3 is 20.1 Å².